The molecule has 0 fully saturated rings. The molecule has 0 spiro atoms. The highest BCUT2D eigenvalue weighted by atomic mass is 14.4. The minimum Gasteiger partial charge on any atom is -0.0799 e. The van der Waals surface area contributed by atoms with E-state index in [0.29, 0.717) is 10.8 Å². The molecule has 0 aromatic carbocycles. The van der Waals surface area contributed by atoms with Crippen molar-refractivity contribution in [2.75, 3.05) is 0 Å². The van der Waals surface area contributed by atoms with E-state index in [4.69, 9.17) is 0 Å². The van der Waals surface area contributed by atoms with E-state index in [1.54, 1.807) is 0 Å². The highest BCUT2D eigenvalue weighted by Crippen LogP contribution is 2.45. The molecule has 0 saturated carbocycles. The normalized spacial score (nSPS) is 12.8. The zero-order valence-corrected chi connectivity index (χ0v) is 10.5. The molecule has 78 valence electrons. The summed E-state index contributed by atoms with van der Waals surface area (Å²) in [6.07, 6.45) is 4.92. The standard InChI is InChI=1S/C13H26/c1-8-13(7,9-2)12(5,6)10-11(3)4/h10H,8-9H2,1-7H3. The Morgan fingerprint density at radius 1 is 1.00 bits per heavy atom. The van der Waals surface area contributed by atoms with E-state index in [0.717, 1.165) is 0 Å². The topological polar surface area (TPSA) is 0 Å². The second-order valence-corrected chi connectivity index (χ2v) is 5.21. The molecule has 0 N–H and O–H groups in total. The second kappa shape index (κ2) is 4.30. The van der Waals surface area contributed by atoms with Gasteiger partial charge in [0.15, 0.2) is 0 Å². The summed E-state index contributed by atoms with van der Waals surface area (Å²) in [6.45, 7) is 16.1. The first-order chi connectivity index (χ1) is 5.79. The van der Waals surface area contributed by atoms with Crippen LogP contribution in [-0.2, 0) is 0 Å². The van der Waals surface area contributed by atoms with Gasteiger partial charge >= 0.3 is 0 Å². The molecular formula is C13H26. The summed E-state index contributed by atoms with van der Waals surface area (Å²) >= 11 is 0. The molecule has 0 aromatic rings. The van der Waals surface area contributed by atoms with Crippen molar-refractivity contribution in [2.45, 2.75) is 61.3 Å². The molecule has 0 aromatic heterocycles. The molecule has 0 aliphatic heterocycles. The van der Waals surface area contributed by atoms with Crippen LogP contribution in [0.1, 0.15) is 61.3 Å². The molecule has 0 saturated heterocycles. The second-order valence-electron chi connectivity index (χ2n) is 5.21. The van der Waals surface area contributed by atoms with Crippen molar-refractivity contribution in [2.24, 2.45) is 10.8 Å². The smallest absolute Gasteiger partial charge is 0.0119 e. The Kier molecular flexibility index (Phi) is 4.22. The van der Waals surface area contributed by atoms with Crippen molar-refractivity contribution in [3.05, 3.63) is 11.6 Å². The lowest BCUT2D eigenvalue weighted by molar-refractivity contribution is 0.126. The van der Waals surface area contributed by atoms with Crippen LogP contribution in [0.3, 0.4) is 0 Å². The van der Waals surface area contributed by atoms with Gasteiger partial charge in [-0.3, -0.25) is 0 Å². The SMILES string of the molecule is CCC(C)(CC)C(C)(C)C=C(C)C. The average molecular weight is 182 g/mol. The van der Waals surface area contributed by atoms with Crippen LogP contribution in [-0.4, -0.2) is 0 Å². The van der Waals surface area contributed by atoms with Crippen molar-refractivity contribution in [3.63, 3.8) is 0 Å². The number of hydrogen-bond acceptors (Lipinski definition) is 0. The van der Waals surface area contributed by atoms with Crippen molar-refractivity contribution in [1.82, 2.24) is 0 Å². The summed E-state index contributed by atoms with van der Waals surface area (Å²) in [5, 5.41) is 0. The van der Waals surface area contributed by atoms with E-state index >= 15 is 0 Å². The van der Waals surface area contributed by atoms with E-state index in [1.165, 1.54) is 18.4 Å². The lowest BCUT2D eigenvalue weighted by Gasteiger charge is -2.42. The fraction of sp³-hybridized carbons (Fsp3) is 0.846. The summed E-state index contributed by atoms with van der Waals surface area (Å²) < 4.78 is 0. The first-order valence-corrected chi connectivity index (χ1v) is 5.45. The molecule has 0 atom stereocenters. The highest BCUT2D eigenvalue weighted by Gasteiger charge is 2.35. The van der Waals surface area contributed by atoms with Crippen LogP contribution in [0, 0.1) is 10.8 Å². The van der Waals surface area contributed by atoms with Crippen molar-refractivity contribution >= 4 is 0 Å². The summed E-state index contributed by atoms with van der Waals surface area (Å²) in [6, 6.07) is 0. The molecule has 0 aliphatic carbocycles. The highest BCUT2D eigenvalue weighted by molar-refractivity contribution is 5.07. The maximum Gasteiger partial charge on any atom is -0.0119 e. The van der Waals surface area contributed by atoms with Crippen LogP contribution in [0.15, 0.2) is 11.6 Å². The summed E-state index contributed by atoms with van der Waals surface area (Å²) in [5.74, 6) is 0. The molecule has 0 unspecified atom stereocenters. The van der Waals surface area contributed by atoms with Gasteiger partial charge in [0.05, 0.1) is 0 Å². The van der Waals surface area contributed by atoms with Crippen LogP contribution in [0.5, 0.6) is 0 Å². The third-order valence-corrected chi connectivity index (χ3v) is 3.77. The fourth-order valence-corrected chi connectivity index (χ4v) is 2.06. The van der Waals surface area contributed by atoms with E-state index in [1.807, 2.05) is 0 Å². The Hall–Kier alpha value is -0.260. The van der Waals surface area contributed by atoms with E-state index < -0.39 is 0 Å². The minimum absolute atomic E-state index is 0.315. The van der Waals surface area contributed by atoms with Gasteiger partial charge in [-0.05, 0) is 37.5 Å². The lowest BCUT2D eigenvalue weighted by Crippen LogP contribution is -2.32. The van der Waals surface area contributed by atoms with Crippen molar-refractivity contribution in [3.8, 4) is 0 Å². The van der Waals surface area contributed by atoms with Gasteiger partial charge in [-0.2, -0.15) is 0 Å². The molecule has 0 radical (unpaired) electrons. The fourth-order valence-electron chi connectivity index (χ4n) is 2.06. The largest absolute Gasteiger partial charge is 0.0799 e. The van der Waals surface area contributed by atoms with Crippen LogP contribution in [0.2, 0.25) is 0 Å². The van der Waals surface area contributed by atoms with Crippen LogP contribution < -0.4 is 0 Å². The lowest BCUT2D eigenvalue weighted by atomic mass is 9.63. The zero-order valence-electron chi connectivity index (χ0n) is 10.5. The van der Waals surface area contributed by atoms with Gasteiger partial charge in [-0.15, -0.1) is 0 Å². The predicted octanol–water partition coefficient (Wildman–Crippen LogP) is 4.81. The van der Waals surface area contributed by atoms with Gasteiger partial charge < -0.3 is 0 Å². The van der Waals surface area contributed by atoms with Gasteiger partial charge in [-0.25, -0.2) is 0 Å². The van der Waals surface area contributed by atoms with Crippen LogP contribution >= 0.6 is 0 Å². The predicted molar refractivity (Wildman–Crippen MR) is 61.9 cm³/mol. The third-order valence-electron chi connectivity index (χ3n) is 3.77. The Balaban J connectivity index is 4.88. The van der Waals surface area contributed by atoms with Crippen molar-refractivity contribution < 1.29 is 0 Å². The van der Waals surface area contributed by atoms with Crippen molar-refractivity contribution in [1.29, 1.82) is 0 Å². The van der Waals surface area contributed by atoms with Gasteiger partial charge in [0.2, 0.25) is 0 Å². The number of allylic oxidation sites excluding steroid dienone is 2. The summed E-state index contributed by atoms with van der Waals surface area (Å²) in [5.41, 5.74) is 2.18. The molecule has 0 nitrogen and oxygen atoms in total. The van der Waals surface area contributed by atoms with Gasteiger partial charge in [-0.1, -0.05) is 46.3 Å². The monoisotopic (exact) mass is 182 g/mol. The Morgan fingerprint density at radius 3 is 1.62 bits per heavy atom. The molecule has 13 heavy (non-hydrogen) atoms. The molecule has 0 rings (SSSR count). The molecule has 0 aliphatic rings. The molecule has 0 bridgehead atoms. The zero-order chi connectivity index (χ0) is 10.7. The Bertz CT molecular complexity index is 176. The molecular weight excluding hydrogens is 156 g/mol. The summed E-state index contributed by atoms with van der Waals surface area (Å²) in [4.78, 5) is 0. The quantitative estimate of drug-likeness (QED) is 0.548. The van der Waals surface area contributed by atoms with Crippen LogP contribution in [0.4, 0.5) is 0 Å². The minimum atomic E-state index is 0.315. The Labute approximate surface area is 84.4 Å². The summed E-state index contributed by atoms with van der Waals surface area (Å²) in [7, 11) is 0. The maximum atomic E-state index is 2.42. The third kappa shape index (κ3) is 2.86. The first kappa shape index (κ1) is 12.7. The van der Waals surface area contributed by atoms with Gasteiger partial charge in [0.1, 0.15) is 0 Å². The average Bonchev–Trinajstić information content (AvgIpc) is 2.00. The molecule has 0 heteroatoms. The first-order valence-electron chi connectivity index (χ1n) is 5.45. The Morgan fingerprint density at radius 2 is 1.38 bits per heavy atom. The number of hydrogen-bond donors (Lipinski definition) is 0. The van der Waals surface area contributed by atoms with Gasteiger partial charge in [0, 0.05) is 0 Å². The van der Waals surface area contributed by atoms with E-state index in [-0.39, 0.29) is 0 Å². The van der Waals surface area contributed by atoms with Crippen LogP contribution in [0.25, 0.3) is 0 Å². The van der Waals surface area contributed by atoms with E-state index in [2.05, 4.69) is 54.5 Å². The van der Waals surface area contributed by atoms with E-state index in [9.17, 15) is 0 Å². The van der Waals surface area contributed by atoms with Gasteiger partial charge in [0.25, 0.3) is 0 Å². The number of rotatable bonds is 4. The molecule has 0 heterocycles. The maximum absolute atomic E-state index is 2.42. The molecule has 0 amide bonds.